The Balaban J connectivity index is 1.96. The average molecular weight is 275 g/mol. The van der Waals surface area contributed by atoms with Crippen molar-refractivity contribution in [1.29, 1.82) is 0 Å². The van der Waals surface area contributed by atoms with Crippen LogP contribution in [0.3, 0.4) is 0 Å². The molecule has 0 radical (unpaired) electrons. The predicted molar refractivity (Wildman–Crippen MR) is 81.7 cm³/mol. The van der Waals surface area contributed by atoms with E-state index in [0.29, 0.717) is 6.42 Å². The molecule has 0 aromatic heterocycles. The summed E-state index contributed by atoms with van der Waals surface area (Å²) < 4.78 is 0. The lowest BCUT2D eigenvalue weighted by Crippen LogP contribution is -2.35. The average Bonchev–Trinajstić information content (AvgIpc) is 2.48. The van der Waals surface area contributed by atoms with Gasteiger partial charge in [-0.3, -0.25) is 4.79 Å². The van der Waals surface area contributed by atoms with E-state index in [1.807, 2.05) is 29.2 Å². The summed E-state index contributed by atoms with van der Waals surface area (Å²) in [5.41, 5.74) is 1.91. The molecule has 1 aromatic carbocycles. The van der Waals surface area contributed by atoms with Crippen LogP contribution in [-0.2, 0) is 4.79 Å². The lowest BCUT2D eigenvalue weighted by molar-refractivity contribution is -0.119. The van der Waals surface area contributed by atoms with Gasteiger partial charge < -0.3 is 10.0 Å². The summed E-state index contributed by atoms with van der Waals surface area (Å²) in [6, 6.07) is 7.82. The zero-order valence-electron chi connectivity index (χ0n) is 12.3. The first-order chi connectivity index (χ1) is 9.72. The normalized spacial score (nSPS) is 17.3. The number of hydrogen-bond acceptors (Lipinski definition) is 2. The van der Waals surface area contributed by atoms with Crippen molar-refractivity contribution >= 4 is 11.6 Å². The monoisotopic (exact) mass is 275 g/mol. The van der Waals surface area contributed by atoms with Gasteiger partial charge in [-0.2, -0.15) is 0 Å². The number of benzene rings is 1. The Morgan fingerprint density at radius 1 is 1.20 bits per heavy atom. The van der Waals surface area contributed by atoms with Crippen LogP contribution in [0.5, 0.6) is 0 Å². The molecule has 0 aliphatic carbocycles. The molecule has 1 atom stereocenters. The second-order valence-corrected chi connectivity index (χ2v) is 5.61. The molecule has 0 spiro atoms. The molecule has 2 rings (SSSR count). The fourth-order valence-electron chi connectivity index (χ4n) is 2.71. The number of aliphatic hydroxyl groups excluding tert-OH is 1. The van der Waals surface area contributed by atoms with Gasteiger partial charge in [0.1, 0.15) is 0 Å². The number of unbranched alkanes of at least 4 members (excludes halogenated alkanes) is 2. The highest BCUT2D eigenvalue weighted by atomic mass is 16.3. The number of anilines is 1. The molecule has 1 aliphatic rings. The second kappa shape index (κ2) is 7.44. The van der Waals surface area contributed by atoms with Crippen molar-refractivity contribution < 1.29 is 9.90 Å². The maximum Gasteiger partial charge on any atom is 0.226 e. The molecule has 1 heterocycles. The number of amides is 1. The summed E-state index contributed by atoms with van der Waals surface area (Å²) in [4.78, 5) is 13.7. The highest BCUT2D eigenvalue weighted by molar-refractivity contribution is 5.93. The van der Waals surface area contributed by atoms with Gasteiger partial charge in [0.05, 0.1) is 6.10 Å². The molecule has 1 N–H and O–H groups in total. The van der Waals surface area contributed by atoms with Crippen molar-refractivity contribution in [1.82, 2.24) is 0 Å². The Morgan fingerprint density at radius 3 is 2.60 bits per heavy atom. The molecule has 1 unspecified atom stereocenters. The van der Waals surface area contributed by atoms with Crippen LogP contribution in [0, 0.1) is 0 Å². The smallest absolute Gasteiger partial charge is 0.226 e. The van der Waals surface area contributed by atoms with Crippen molar-refractivity contribution in [2.75, 3.05) is 11.4 Å². The van der Waals surface area contributed by atoms with E-state index in [-0.39, 0.29) is 12.0 Å². The first-order valence-electron chi connectivity index (χ1n) is 7.80. The van der Waals surface area contributed by atoms with Gasteiger partial charge in [-0.1, -0.05) is 38.3 Å². The van der Waals surface area contributed by atoms with Crippen LogP contribution < -0.4 is 4.90 Å². The first-order valence-corrected chi connectivity index (χ1v) is 7.80. The van der Waals surface area contributed by atoms with Gasteiger partial charge in [-0.15, -0.1) is 0 Å². The fraction of sp³-hybridized carbons (Fsp3) is 0.588. The predicted octanol–water partition coefficient (Wildman–Crippen LogP) is 3.82. The third-order valence-electron chi connectivity index (χ3n) is 3.99. The summed E-state index contributed by atoms with van der Waals surface area (Å²) in [7, 11) is 0. The Hall–Kier alpha value is -1.35. The molecule has 1 amide bonds. The summed E-state index contributed by atoms with van der Waals surface area (Å²) in [6.07, 6.45) is 6.56. The van der Waals surface area contributed by atoms with Crippen LogP contribution in [0.15, 0.2) is 24.3 Å². The number of carbonyl (C=O) groups is 1. The third-order valence-corrected chi connectivity index (χ3v) is 3.99. The van der Waals surface area contributed by atoms with Gasteiger partial charge in [0, 0.05) is 18.7 Å². The second-order valence-electron chi connectivity index (χ2n) is 5.61. The molecule has 1 aromatic rings. The van der Waals surface area contributed by atoms with E-state index >= 15 is 0 Å². The van der Waals surface area contributed by atoms with Crippen molar-refractivity contribution in [2.45, 2.75) is 58.0 Å². The van der Waals surface area contributed by atoms with Crippen LogP contribution in [0.25, 0.3) is 0 Å². The van der Waals surface area contributed by atoms with Gasteiger partial charge in [0.15, 0.2) is 0 Å². The van der Waals surface area contributed by atoms with Crippen LogP contribution in [0.2, 0.25) is 0 Å². The molecular weight excluding hydrogens is 250 g/mol. The lowest BCUT2D eigenvalue weighted by Gasteiger charge is -2.27. The first kappa shape index (κ1) is 15.0. The van der Waals surface area contributed by atoms with E-state index in [0.717, 1.165) is 49.9 Å². The Kier molecular flexibility index (Phi) is 5.60. The van der Waals surface area contributed by atoms with E-state index < -0.39 is 0 Å². The minimum absolute atomic E-state index is 0.215. The van der Waals surface area contributed by atoms with Gasteiger partial charge in [-0.05, 0) is 37.0 Å². The van der Waals surface area contributed by atoms with E-state index in [9.17, 15) is 9.90 Å². The summed E-state index contributed by atoms with van der Waals surface area (Å²) in [5.74, 6) is 0.215. The Morgan fingerprint density at radius 2 is 1.95 bits per heavy atom. The molecule has 0 saturated carbocycles. The number of aliphatic hydroxyl groups is 1. The Bertz CT molecular complexity index is 427. The quantitative estimate of drug-likeness (QED) is 0.802. The van der Waals surface area contributed by atoms with E-state index in [1.54, 1.807) is 0 Å². The highest BCUT2D eigenvalue weighted by Gasteiger charge is 2.19. The molecule has 110 valence electrons. The summed E-state index contributed by atoms with van der Waals surface area (Å²) in [5, 5.41) is 10.1. The zero-order chi connectivity index (χ0) is 14.4. The minimum Gasteiger partial charge on any atom is -0.388 e. The van der Waals surface area contributed by atoms with E-state index in [2.05, 4.69) is 6.92 Å². The summed E-state index contributed by atoms with van der Waals surface area (Å²) >= 11 is 0. The standard InChI is InChI=1S/C17H25NO2/c1-2-3-4-7-16(19)14-9-11-15(12-10-14)18-13-6-5-8-17(18)20/h9-12,16,19H,2-8,13H2,1H3. The fourth-order valence-corrected chi connectivity index (χ4v) is 2.71. The van der Waals surface area contributed by atoms with Crippen LogP contribution in [0.4, 0.5) is 5.69 Å². The van der Waals surface area contributed by atoms with Crippen molar-refractivity contribution in [3.8, 4) is 0 Å². The molecule has 1 aliphatic heterocycles. The number of carbonyl (C=O) groups excluding carboxylic acids is 1. The third kappa shape index (κ3) is 3.83. The molecule has 3 heteroatoms. The molecule has 0 bridgehead atoms. The van der Waals surface area contributed by atoms with Crippen molar-refractivity contribution in [2.24, 2.45) is 0 Å². The number of rotatable bonds is 6. The zero-order valence-corrected chi connectivity index (χ0v) is 12.3. The van der Waals surface area contributed by atoms with Gasteiger partial charge in [0.25, 0.3) is 0 Å². The maximum atomic E-state index is 11.9. The Labute approximate surface area is 121 Å². The van der Waals surface area contributed by atoms with Gasteiger partial charge in [-0.25, -0.2) is 0 Å². The topological polar surface area (TPSA) is 40.5 Å². The largest absolute Gasteiger partial charge is 0.388 e. The van der Waals surface area contributed by atoms with Crippen LogP contribution in [0.1, 0.15) is 63.5 Å². The lowest BCUT2D eigenvalue weighted by atomic mass is 10.0. The van der Waals surface area contributed by atoms with E-state index in [4.69, 9.17) is 0 Å². The minimum atomic E-state index is -0.382. The van der Waals surface area contributed by atoms with Crippen molar-refractivity contribution in [3.63, 3.8) is 0 Å². The molecule has 1 saturated heterocycles. The molecule has 3 nitrogen and oxygen atoms in total. The highest BCUT2D eigenvalue weighted by Crippen LogP contribution is 2.25. The number of hydrogen-bond donors (Lipinski definition) is 1. The van der Waals surface area contributed by atoms with Crippen LogP contribution in [-0.4, -0.2) is 17.6 Å². The van der Waals surface area contributed by atoms with Crippen molar-refractivity contribution in [3.05, 3.63) is 29.8 Å². The molecule has 1 fully saturated rings. The molecular formula is C17H25NO2. The van der Waals surface area contributed by atoms with Gasteiger partial charge in [0.2, 0.25) is 5.91 Å². The number of nitrogens with zero attached hydrogens (tertiary/aromatic N) is 1. The maximum absolute atomic E-state index is 11.9. The summed E-state index contributed by atoms with van der Waals surface area (Å²) in [6.45, 7) is 2.98. The number of piperidine rings is 1. The van der Waals surface area contributed by atoms with Crippen LogP contribution >= 0.6 is 0 Å². The SMILES string of the molecule is CCCCCC(O)c1ccc(N2CCCCC2=O)cc1. The molecule has 20 heavy (non-hydrogen) atoms. The van der Waals surface area contributed by atoms with E-state index in [1.165, 1.54) is 6.42 Å². The van der Waals surface area contributed by atoms with Gasteiger partial charge >= 0.3 is 0 Å².